The van der Waals surface area contributed by atoms with Crippen molar-refractivity contribution in [1.29, 1.82) is 0 Å². The zero-order chi connectivity index (χ0) is 6.81. The maximum absolute atomic E-state index is 5.24. The first-order valence-electron chi connectivity index (χ1n) is 3.46. The van der Waals surface area contributed by atoms with Crippen LogP contribution in [0.4, 0.5) is 0 Å². The third kappa shape index (κ3) is 0.929. The lowest BCUT2D eigenvalue weighted by atomic mass is 10.0. The Bertz CT molecular complexity index is 205. The van der Waals surface area contributed by atoms with E-state index in [0.29, 0.717) is 0 Å². The van der Waals surface area contributed by atoms with Gasteiger partial charge in [0, 0.05) is 6.42 Å². The van der Waals surface area contributed by atoms with Gasteiger partial charge in [-0.1, -0.05) is 24.3 Å². The van der Waals surface area contributed by atoms with Crippen molar-refractivity contribution in [3.63, 3.8) is 0 Å². The van der Waals surface area contributed by atoms with Crippen LogP contribution in [0.1, 0.15) is 11.1 Å². The van der Waals surface area contributed by atoms with Crippen molar-refractivity contribution in [3.8, 4) is 0 Å². The molecule has 2 rings (SSSR count). The summed E-state index contributed by atoms with van der Waals surface area (Å²) in [6, 6.07) is 8.32. The SMILES string of the molecule is [CH]1COCc2ccccc21. The Morgan fingerprint density at radius 3 is 3.00 bits per heavy atom. The van der Waals surface area contributed by atoms with Crippen LogP contribution < -0.4 is 0 Å². The molecule has 0 unspecified atom stereocenters. The smallest absolute Gasteiger partial charge is 0.0719 e. The molecule has 0 atom stereocenters. The zero-order valence-corrected chi connectivity index (χ0v) is 5.71. The third-order valence-corrected chi connectivity index (χ3v) is 1.73. The molecule has 1 nitrogen and oxygen atoms in total. The average Bonchev–Trinajstić information content (AvgIpc) is 2.05. The van der Waals surface area contributed by atoms with Crippen LogP contribution in [0.5, 0.6) is 0 Å². The quantitative estimate of drug-likeness (QED) is 0.524. The summed E-state index contributed by atoms with van der Waals surface area (Å²) >= 11 is 0. The molecule has 0 saturated carbocycles. The minimum atomic E-state index is 0.761. The van der Waals surface area contributed by atoms with Crippen LogP contribution in [0, 0.1) is 6.42 Å². The van der Waals surface area contributed by atoms with E-state index < -0.39 is 0 Å². The van der Waals surface area contributed by atoms with Gasteiger partial charge >= 0.3 is 0 Å². The van der Waals surface area contributed by atoms with E-state index in [4.69, 9.17) is 4.74 Å². The zero-order valence-electron chi connectivity index (χ0n) is 5.71. The van der Waals surface area contributed by atoms with Crippen molar-refractivity contribution in [2.75, 3.05) is 6.61 Å². The molecule has 10 heavy (non-hydrogen) atoms. The van der Waals surface area contributed by atoms with Gasteiger partial charge in [-0.3, -0.25) is 0 Å². The van der Waals surface area contributed by atoms with Crippen LogP contribution in [-0.4, -0.2) is 6.61 Å². The van der Waals surface area contributed by atoms with Crippen LogP contribution in [0.15, 0.2) is 24.3 Å². The first kappa shape index (κ1) is 5.93. The lowest BCUT2D eigenvalue weighted by molar-refractivity contribution is 0.132. The molecule has 0 fully saturated rings. The van der Waals surface area contributed by atoms with Crippen molar-refractivity contribution in [3.05, 3.63) is 41.8 Å². The molecular formula is C9H9O. The van der Waals surface area contributed by atoms with E-state index in [1.54, 1.807) is 0 Å². The lowest BCUT2D eigenvalue weighted by Crippen LogP contribution is -2.06. The molecule has 0 saturated heterocycles. The maximum atomic E-state index is 5.24. The molecule has 1 aromatic rings. The Morgan fingerprint density at radius 1 is 1.20 bits per heavy atom. The van der Waals surface area contributed by atoms with E-state index in [1.807, 2.05) is 6.07 Å². The summed E-state index contributed by atoms with van der Waals surface area (Å²) in [7, 11) is 0. The molecule has 0 aromatic heterocycles. The number of benzene rings is 1. The van der Waals surface area contributed by atoms with Crippen LogP contribution >= 0.6 is 0 Å². The topological polar surface area (TPSA) is 9.23 Å². The molecular weight excluding hydrogens is 124 g/mol. The number of hydrogen-bond acceptors (Lipinski definition) is 1. The summed E-state index contributed by atoms with van der Waals surface area (Å²) in [4.78, 5) is 0. The highest BCUT2D eigenvalue weighted by atomic mass is 16.5. The van der Waals surface area contributed by atoms with Gasteiger partial charge in [-0.25, -0.2) is 0 Å². The molecule has 1 heterocycles. The van der Waals surface area contributed by atoms with E-state index in [2.05, 4.69) is 24.6 Å². The van der Waals surface area contributed by atoms with E-state index in [9.17, 15) is 0 Å². The Balaban J connectivity index is 2.41. The standard InChI is InChI=1S/C9H9O/c1-2-4-9-7-10-6-5-8(9)3-1/h1-5H,6-7H2. The summed E-state index contributed by atoms with van der Waals surface area (Å²) < 4.78 is 5.24. The van der Waals surface area contributed by atoms with Gasteiger partial charge in [-0.05, 0) is 11.1 Å². The summed E-state index contributed by atoms with van der Waals surface area (Å²) in [6.45, 7) is 1.53. The van der Waals surface area contributed by atoms with Crippen molar-refractivity contribution >= 4 is 0 Å². The third-order valence-electron chi connectivity index (χ3n) is 1.73. The molecule has 1 heteroatoms. The van der Waals surface area contributed by atoms with Gasteiger partial charge in [0.25, 0.3) is 0 Å². The minimum absolute atomic E-state index is 0.761. The highest BCUT2D eigenvalue weighted by Gasteiger charge is 2.06. The van der Waals surface area contributed by atoms with Gasteiger partial charge in [0.05, 0.1) is 13.2 Å². The van der Waals surface area contributed by atoms with Crippen LogP contribution in [0.25, 0.3) is 0 Å². The maximum Gasteiger partial charge on any atom is 0.0719 e. The van der Waals surface area contributed by atoms with Crippen LogP contribution in [0.2, 0.25) is 0 Å². The summed E-state index contributed by atoms with van der Waals surface area (Å²) in [5.41, 5.74) is 2.63. The number of rotatable bonds is 0. The molecule has 0 N–H and O–H groups in total. The number of fused-ring (bicyclic) bond motifs is 1. The normalized spacial score (nSPS) is 16.4. The lowest BCUT2D eigenvalue weighted by Gasteiger charge is -2.14. The molecule has 1 aliphatic heterocycles. The first-order chi connectivity index (χ1) is 4.97. The van der Waals surface area contributed by atoms with Gasteiger partial charge in [0.2, 0.25) is 0 Å². The molecule has 0 spiro atoms. The Hall–Kier alpha value is -0.820. The summed E-state index contributed by atoms with van der Waals surface area (Å²) in [5, 5.41) is 0. The predicted molar refractivity (Wildman–Crippen MR) is 39.5 cm³/mol. The largest absolute Gasteiger partial charge is 0.376 e. The van der Waals surface area contributed by atoms with Gasteiger partial charge in [-0.15, -0.1) is 0 Å². The van der Waals surface area contributed by atoms with Crippen LogP contribution in [-0.2, 0) is 11.3 Å². The van der Waals surface area contributed by atoms with Gasteiger partial charge in [-0.2, -0.15) is 0 Å². The fourth-order valence-corrected chi connectivity index (χ4v) is 1.18. The second-order valence-electron chi connectivity index (χ2n) is 2.42. The highest BCUT2D eigenvalue weighted by molar-refractivity contribution is 5.33. The second kappa shape index (κ2) is 2.43. The average molecular weight is 133 g/mol. The number of ether oxygens (including phenoxy) is 1. The summed E-state index contributed by atoms with van der Waals surface area (Å²) in [5.74, 6) is 0. The monoisotopic (exact) mass is 133 g/mol. The Morgan fingerprint density at radius 2 is 2.10 bits per heavy atom. The van der Waals surface area contributed by atoms with Crippen molar-refractivity contribution in [1.82, 2.24) is 0 Å². The number of hydrogen-bond donors (Lipinski definition) is 0. The molecule has 1 aromatic carbocycles. The Labute approximate surface area is 60.6 Å². The Kier molecular flexibility index (Phi) is 1.44. The van der Waals surface area contributed by atoms with Gasteiger partial charge in [0.15, 0.2) is 0 Å². The summed E-state index contributed by atoms with van der Waals surface area (Å²) in [6.07, 6.45) is 2.11. The minimum Gasteiger partial charge on any atom is -0.376 e. The first-order valence-corrected chi connectivity index (χ1v) is 3.46. The van der Waals surface area contributed by atoms with Crippen molar-refractivity contribution in [2.24, 2.45) is 0 Å². The molecule has 1 aliphatic rings. The van der Waals surface area contributed by atoms with Crippen molar-refractivity contribution in [2.45, 2.75) is 6.61 Å². The van der Waals surface area contributed by atoms with Crippen LogP contribution in [0.3, 0.4) is 0 Å². The molecule has 0 bridgehead atoms. The van der Waals surface area contributed by atoms with E-state index >= 15 is 0 Å². The van der Waals surface area contributed by atoms with E-state index in [0.717, 1.165) is 13.2 Å². The van der Waals surface area contributed by atoms with Gasteiger partial charge < -0.3 is 4.74 Å². The molecule has 0 amide bonds. The fraction of sp³-hybridized carbons (Fsp3) is 0.222. The predicted octanol–water partition coefficient (Wildman–Crippen LogP) is 1.77. The van der Waals surface area contributed by atoms with Crippen molar-refractivity contribution < 1.29 is 4.74 Å². The highest BCUT2D eigenvalue weighted by Crippen LogP contribution is 2.16. The van der Waals surface area contributed by atoms with E-state index in [1.165, 1.54) is 11.1 Å². The van der Waals surface area contributed by atoms with E-state index in [-0.39, 0.29) is 0 Å². The molecule has 1 radical (unpaired) electrons. The molecule has 51 valence electrons. The van der Waals surface area contributed by atoms with Gasteiger partial charge in [0.1, 0.15) is 0 Å². The second-order valence-corrected chi connectivity index (χ2v) is 2.42. The molecule has 0 aliphatic carbocycles. The fourth-order valence-electron chi connectivity index (χ4n) is 1.18.